The van der Waals surface area contributed by atoms with Gasteiger partial charge >= 0.3 is 5.97 Å². The average molecular weight is 549 g/mol. The number of carbonyl (C=O) groups is 2. The van der Waals surface area contributed by atoms with E-state index >= 15 is 0 Å². The molecule has 0 atom stereocenters. The molecule has 0 bridgehead atoms. The van der Waals surface area contributed by atoms with E-state index in [1.54, 1.807) is 47.0 Å². The van der Waals surface area contributed by atoms with Gasteiger partial charge in [0.05, 0.1) is 27.6 Å². The minimum absolute atomic E-state index is 0.00573. The van der Waals surface area contributed by atoms with E-state index in [9.17, 15) is 27.9 Å². The van der Waals surface area contributed by atoms with Gasteiger partial charge < -0.3 is 19.9 Å². The number of nitrogens with one attached hydrogen (secondary N) is 1. The first kappa shape index (κ1) is 26.4. The van der Waals surface area contributed by atoms with Crippen LogP contribution in [-0.4, -0.2) is 52.6 Å². The smallest absolute Gasteiger partial charge is 0.324 e. The Morgan fingerprint density at radius 3 is 2.44 bits per heavy atom. The third-order valence-electron chi connectivity index (χ3n) is 7.85. The monoisotopic (exact) mass is 548 g/mol. The molecule has 202 valence electrons. The summed E-state index contributed by atoms with van der Waals surface area (Å²) in [5.41, 5.74) is 2.16. The number of nitriles is 1. The van der Waals surface area contributed by atoms with Crippen LogP contribution in [0.4, 0.5) is 5.69 Å². The summed E-state index contributed by atoms with van der Waals surface area (Å²) in [6.45, 7) is 3.37. The minimum atomic E-state index is -4.01. The molecule has 5 rings (SSSR count). The molecule has 2 N–H and O–H groups in total. The molecule has 0 saturated heterocycles. The van der Waals surface area contributed by atoms with Gasteiger partial charge in [0.1, 0.15) is 5.56 Å². The van der Waals surface area contributed by atoms with Crippen molar-refractivity contribution in [2.24, 2.45) is 0 Å². The molecular formula is C28H28N4O6S. The Morgan fingerprint density at radius 1 is 1.13 bits per heavy atom. The molecule has 2 aromatic carbocycles. The van der Waals surface area contributed by atoms with Crippen LogP contribution in [0.2, 0.25) is 0 Å². The Kier molecular flexibility index (Phi) is 6.26. The summed E-state index contributed by atoms with van der Waals surface area (Å²) in [6.07, 6.45) is 0.757. The van der Waals surface area contributed by atoms with Gasteiger partial charge in [-0.1, -0.05) is 24.3 Å². The Labute approximate surface area is 225 Å². The Balaban J connectivity index is 1.44. The fraction of sp³-hybridized carbons (Fsp3) is 0.357. The molecule has 10 nitrogen and oxygen atoms in total. The second-order valence-electron chi connectivity index (χ2n) is 10.6. The number of sulfone groups is 1. The summed E-state index contributed by atoms with van der Waals surface area (Å²) < 4.78 is 25.2. The number of rotatable bonds is 8. The van der Waals surface area contributed by atoms with Crippen molar-refractivity contribution >= 4 is 38.3 Å². The number of carboxylic acids is 1. The lowest BCUT2D eigenvalue weighted by Gasteiger charge is -2.36. The maximum absolute atomic E-state index is 13.4. The number of benzene rings is 2. The Bertz CT molecular complexity index is 1710. The number of carboxylic acid groups (broad SMARTS) is 1. The number of aliphatic carboxylic acids is 1. The lowest BCUT2D eigenvalue weighted by Crippen LogP contribution is -2.52. The Morgan fingerprint density at radius 2 is 1.82 bits per heavy atom. The van der Waals surface area contributed by atoms with Gasteiger partial charge in [-0.15, -0.1) is 0 Å². The van der Waals surface area contributed by atoms with Crippen molar-refractivity contribution in [3.8, 4) is 6.07 Å². The molecule has 1 aromatic heterocycles. The number of nitrogens with zero attached hydrogens (tertiary/aromatic N) is 3. The quantitative estimate of drug-likeness (QED) is 0.436. The molecule has 0 radical (unpaired) electrons. The van der Waals surface area contributed by atoms with Crippen molar-refractivity contribution in [3.05, 3.63) is 75.6 Å². The molecule has 2 aliphatic rings. The van der Waals surface area contributed by atoms with E-state index in [-0.39, 0.29) is 25.2 Å². The van der Waals surface area contributed by atoms with Gasteiger partial charge in [0.15, 0.2) is 14.6 Å². The maximum Gasteiger partial charge on any atom is 0.324 e. The summed E-state index contributed by atoms with van der Waals surface area (Å²) in [5.74, 6) is -1.89. The van der Waals surface area contributed by atoms with Crippen molar-refractivity contribution in [1.29, 1.82) is 5.26 Å². The van der Waals surface area contributed by atoms with Gasteiger partial charge in [-0.25, -0.2) is 8.42 Å². The highest BCUT2D eigenvalue weighted by Gasteiger charge is 2.62. The molecule has 3 aromatic rings. The first-order chi connectivity index (χ1) is 18.4. The standard InChI is InChI=1S/C28H28N4O6S/c1-27(2,26(35)36)39(37,38)28(10-11-28)17-31-12-13-32-23-20(4-3-5-22(23)31)14-21(25(32)34)24(33)30-16-19-8-6-18(15-29)7-9-19/h3-9,14H,10-13,16-17H2,1-2H3,(H,30,33)(H,35,36). The number of hydrogen-bond donors (Lipinski definition) is 2. The van der Waals surface area contributed by atoms with Crippen LogP contribution in [0.25, 0.3) is 10.9 Å². The SMILES string of the molecule is CC(C)(C(=O)O)S(=O)(=O)C1(CN2CCn3c(=O)c(C(=O)NCc4ccc(C#N)cc4)cc4cccc2c43)CC1. The zero-order valence-corrected chi connectivity index (χ0v) is 22.4. The second kappa shape index (κ2) is 9.24. The zero-order valence-electron chi connectivity index (χ0n) is 21.6. The van der Waals surface area contributed by atoms with Gasteiger partial charge in [0.2, 0.25) is 0 Å². The largest absolute Gasteiger partial charge is 0.480 e. The average Bonchev–Trinajstić information content (AvgIpc) is 3.71. The number of para-hydroxylation sites is 1. The van der Waals surface area contributed by atoms with Gasteiger partial charge in [-0.05, 0) is 56.5 Å². The molecule has 1 fully saturated rings. The molecule has 0 spiro atoms. The highest BCUT2D eigenvalue weighted by atomic mass is 32.2. The normalized spacial score (nSPS) is 16.0. The van der Waals surface area contributed by atoms with E-state index in [0.717, 1.165) is 5.56 Å². The summed E-state index contributed by atoms with van der Waals surface area (Å²) in [5, 5.41) is 22.0. The van der Waals surface area contributed by atoms with Gasteiger partial charge in [-0.2, -0.15) is 5.26 Å². The van der Waals surface area contributed by atoms with Crippen LogP contribution in [0, 0.1) is 11.3 Å². The summed E-state index contributed by atoms with van der Waals surface area (Å²) >= 11 is 0. The lowest BCUT2D eigenvalue weighted by atomic mass is 10.1. The number of aromatic nitrogens is 1. The van der Waals surface area contributed by atoms with Crippen molar-refractivity contribution in [2.45, 2.75) is 49.3 Å². The van der Waals surface area contributed by atoms with Crippen LogP contribution < -0.4 is 15.8 Å². The van der Waals surface area contributed by atoms with E-state index in [1.165, 1.54) is 13.8 Å². The highest BCUT2D eigenvalue weighted by Crippen LogP contribution is 2.50. The van der Waals surface area contributed by atoms with E-state index in [4.69, 9.17) is 5.26 Å². The van der Waals surface area contributed by atoms with E-state index in [1.807, 2.05) is 17.0 Å². The molecule has 11 heteroatoms. The van der Waals surface area contributed by atoms with Crippen LogP contribution in [0.15, 0.2) is 53.3 Å². The molecule has 2 heterocycles. The number of carbonyl (C=O) groups excluding carboxylic acids is 1. The summed E-state index contributed by atoms with van der Waals surface area (Å²) in [7, 11) is -4.01. The van der Waals surface area contributed by atoms with Gasteiger partial charge in [0.25, 0.3) is 11.5 Å². The van der Waals surface area contributed by atoms with Crippen LogP contribution in [0.3, 0.4) is 0 Å². The third-order valence-corrected chi connectivity index (χ3v) is 11.0. The van der Waals surface area contributed by atoms with E-state index in [0.29, 0.717) is 41.5 Å². The summed E-state index contributed by atoms with van der Waals surface area (Å²) in [4.78, 5) is 40.1. The first-order valence-corrected chi connectivity index (χ1v) is 14.1. The van der Waals surface area contributed by atoms with Crippen LogP contribution in [-0.2, 0) is 27.7 Å². The first-order valence-electron chi connectivity index (χ1n) is 12.6. The molecule has 0 unspecified atom stereocenters. The number of hydrogen-bond acceptors (Lipinski definition) is 7. The highest BCUT2D eigenvalue weighted by molar-refractivity contribution is 7.95. The molecule has 1 saturated carbocycles. The van der Waals surface area contributed by atoms with Crippen LogP contribution in [0.1, 0.15) is 48.2 Å². The molecule has 1 aliphatic heterocycles. The van der Waals surface area contributed by atoms with E-state index < -0.39 is 36.8 Å². The van der Waals surface area contributed by atoms with Crippen molar-refractivity contribution in [3.63, 3.8) is 0 Å². The zero-order chi connectivity index (χ0) is 28.2. The minimum Gasteiger partial charge on any atom is -0.480 e. The number of anilines is 1. The van der Waals surface area contributed by atoms with Gasteiger partial charge in [0, 0.05) is 31.6 Å². The van der Waals surface area contributed by atoms with Crippen LogP contribution >= 0.6 is 0 Å². The van der Waals surface area contributed by atoms with Crippen molar-refractivity contribution < 1.29 is 23.1 Å². The summed E-state index contributed by atoms with van der Waals surface area (Å²) in [6, 6.07) is 15.8. The fourth-order valence-electron chi connectivity index (χ4n) is 5.19. The fourth-order valence-corrected chi connectivity index (χ4v) is 7.47. The predicted octanol–water partition coefficient (Wildman–Crippen LogP) is 2.43. The maximum atomic E-state index is 13.4. The van der Waals surface area contributed by atoms with E-state index in [2.05, 4.69) is 5.32 Å². The van der Waals surface area contributed by atoms with Crippen LogP contribution in [0.5, 0.6) is 0 Å². The van der Waals surface area contributed by atoms with Crippen molar-refractivity contribution in [1.82, 2.24) is 9.88 Å². The van der Waals surface area contributed by atoms with Gasteiger partial charge in [-0.3, -0.25) is 14.4 Å². The molecule has 39 heavy (non-hydrogen) atoms. The third kappa shape index (κ3) is 4.25. The number of amides is 1. The topological polar surface area (TPSA) is 150 Å². The van der Waals surface area contributed by atoms with Crippen molar-refractivity contribution in [2.75, 3.05) is 18.0 Å². The lowest BCUT2D eigenvalue weighted by molar-refractivity contribution is -0.139. The molecule has 1 amide bonds. The number of pyridine rings is 1. The Hall–Kier alpha value is -4.17. The second-order valence-corrected chi connectivity index (χ2v) is 13.5. The predicted molar refractivity (Wildman–Crippen MR) is 145 cm³/mol. The molecule has 1 aliphatic carbocycles. The molecular weight excluding hydrogens is 520 g/mol.